The lowest BCUT2D eigenvalue weighted by molar-refractivity contribution is -0.184. The maximum absolute atomic E-state index is 11.7. The highest BCUT2D eigenvalue weighted by atomic mass is 16.7. The zero-order valence-corrected chi connectivity index (χ0v) is 16.3. The lowest BCUT2D eigenvalue weighted by Gasteiger charge is -2.14. The van der Waals surface area contributed by atoms with E-state index in [1.54, 1.807) is 6.92 Å². The summed E-state index contributed by atoms with van der Waals surface area (Å²) in [4.78, 5) is 23.4. The molecule has 0 spiro atoms. The van der Waals surface area contributed by atoms with Crippen LogP contribution in [0.5, 0.6) is 0 Å². The molecule has 4 heteroatoms. The molecule has 24 heavy (non-hydrogen) atoms. The summed E-state index contributed by atoms with van der Waals surface area (Å²) < 4.78 is 10.3. The number of ether oxygens (including phenoxy) is 2. The number of unbranched alkanes of at least 4 members (excludes halogenated alkanes) is 7. The Balaban J connectivity index is 3.59. The van der Waals surface area contributed by atoms with Crippen LogP contribution in [0, 0.1) is 5.92 Å². The first-order valence-electron chi connectivity index (χ1n) is 9.84. The molecular weight excluding hydrogens is 304 g/mol. The van der Waals surface area contributed by atoms with Crippen LogP contribution in [0.4, 0.5) is 0 Å². The first-order valence-corrected chi connectivity index (χ1v) is 9.84. The molecule has 0 amide bonds. The highest BCUT2D eigenvalue weighted by molar-refractivity contribution is 5.71. The van der Waals surface area contributed by atoms with Crippen LogP contribution in [0.1, 0.15) is 105 Å². The highest BCUT2D eigenvalue weighted by Gasteiger charge is 2.13. The quantitative estimate of drug-likeness (QED) is 0.215. The fourth-order valence-electron chi connectivity index (χ4n) is 2.56. The van der Waals surface area contributed by atoms with Crippen molar-refractivity contribution in [2.45, 2.75) is 111 Å². The molecule has 0 aliphatic rings. The van der Waals surface area contributed by atoms with Gasteiger partial charge in [-0.25, -0.2) is 0 Å². The van der Waals surface area contributed by atoms with Crippen LogP contribution in [0.15, 0.2) is 0 Å². The Morgan fingerprint density at radius 2 is 1.17 bits per heavy atom. The van der Waals surface area contributed by atoms with Gasteiger partial charge in [0, 0.05) is 19.8 Å². The smallest absolute Gasteiger partial charge is 0.308 e. The average molecular weight is 343 g/mol. The van der Waals surface area contributed by atoms with E-state index < -0.39 is 6.29 Å². The topological polar surface area (TPSA) is 52.6 Å². The summed E-state index contributed by atoms with van der Waals surface area (Å²) >= 11 is 0. The number of hydrogen-bond donors (Lipinski definition) is 0. The second-order valence-corrected chi connectivity index (χ2v) is 7.06. The van der Waals surface area contributed by atoms with Crippen molar-refractivity contribution in [3.63, 3.8) is 0 Å². The molecule has 0 N–H and O–H groups in total. The van der Waals surface area contributed by atoms with Crippen LogP contribution in [0.3, 0.4) is 0 Å². The second kappa shape index (κ2) is 15.5. The predicted molar refractivity (Wildman–Crippen MR) is 97.6 cm³/mol. The third-order valence-corrected chi connectivity index (χ3v) is 3.99. The summed E-state index contributed by atoms with van der Waals surface area (Å²) in [6.07, 6.45) is 11.0. The van der Waals surface area contributed by atoms with Crippen molar-refractivity contribution in [1.82, 2.24) is 0 Å². The van der Waals surface area contributed by atoms with Gasteiger partial charge in [-0.3, -0.25) is 9.59 Å². The average Bonchev–Trinajstić information content (AvgIpc) is 2.49. The largest absolute Gasteiger partial charge is 0.425 e. The Kier molecular flexibility index (Phi) is 14.8. The van der Waals surface area contributed by atoms with Gasteiger partial charge >= 0.3 is 11.9 Å². The van der Waals surface area contributed by atoms with Gasteiger partial charge in [0.25, 0.3) is 0 Å². The number of carbonyl (C=O) groups excluding carboxylic acids is 2. The summed E-state index contributed by atoms with van der Waals surface area (Å²) in [6, 6.07) is 0. The van der Waals surface area contributed by atoms with E-state index in [0.717, 1.165) is 32.1 Å². The van der Waals surface area contributed by atoms with Crippen molar-refractivity contribution in [3.05, 3.63) is 0 Å². The summed E-state index contributed by atoms with van der Waals surface area (Å²) in [6.45, 7) is 8.20. The minimum atomic E-state index is -0.777. The van der Waals surface area contributed by atoms with Gasteiger partial charge in [0.1, 0.15) is 0 Å². The summed E-state index contributed by atoms with van der Waals surface area (Å²) in [5.74, 6) is 0.158. The first-order chi connectivity index (χ1) is 11.5. The number of rotatable bonds is 15. The Labute approximate surface area is 148 Å². The minimum Gasteiger partial charge on any atom is -0.425 e. The van der Waals surface area contributed by atoms with Crippen molar-refractivity contribution < 1.29 is 19.1 Å². The van der Waals surface area contributed by atoms with Crippen LogP contribution in [0.2, 0.25) is 0 Å². The molecule has 0 saturated heterocycles. The van der Waals surface area contributed by atoms with Gasteiger partial charge in [0.2, 0.25) is 6.29 Å². The molecule has 1 unspecified atom stereocenters. The predicted octanol–water partition coefficient (Wildman–Crippen LogP) is 5.78. The fourth-order valence-corrected chi connectivity index (χ4v) is 2.56. The SMILES string of the molecule is CCCCCCCCC(=O)OC(C)OC(=O)CCCCCC(C)C. The molecule has 0 bridgehead atoms. The molecule has 0 heterocycles. The van der Waals surface area contributed by atoms with Gasteiger partial charge in [-0.15, -0.1) is 0 Å². The maximum atomic E-state index is 11.7. The molecule has 142 valence electrons. The van der Waals surface area contributed by atoms with E-state index in [2.05, 4.69) is 20.8 Å². The molecule has 0 saturated carbocycles. The molecule has 0 aliphatic heterocycles. The fraction of sp³-hybridized carbons (Fsp3) is 0.900. The van der Waals surface area contributed by atoms with E-state index in [1.165, 1.54) is 32.1 Å². The van der Waals surface area contributed by atoms with E-state index >= 15 is 0 Å². The van der Waals surface area contributed by atoms with Crippen LogP contribution < -0.4 is 0 Å². The van der Waals surface area contributed by atoms with Crippen LogP contribution in [-0.4, -0.2) is 18.2 Å². The molecule has 0 fully saturated rings. The van der Waals surface area contributed by atoms with Crippen LogP contribution >= 0.6 is 0 Å². The van der Waals surface area contributed by atoms with Crippen molar-refractivity contribution >= 4 is 11.9 Å². The highest BCUT2D eigenvalue weighted by Crippen LogP contribution is 2.11. The van der Waals surface area contributed by atoms with Crippen LogP contribution in [-0.2, 0) is 19.1 Å². The zero-order chi connectivity index (χ0) is 18.2. The van der Waals surface area contributed by atoms with E-state index in [1.807, 2.05) is 0 Å². The molecule has 0 rings (SSSR count). The third kappa shape index (κ3) is 15.8. The third-order valence-electron chi connectivity index (χ3n) is 3.99. The van der Waals surface area contributed by atoms with E-state index in [0.29, 0.717) is 18.8 Å². The van der Waals surface area contributed by atoms with Crippen molar-refractivity contribution in [2.75, 3.05) is 0 Å². The normalized spacial score (nSPS) is 12.2. The summed E-state index contributed by atoms with van der Waals surface area (Å²) in [7, 11) is 0. The van der Waals surface area contributed by atoms with Gasteiger partial charge in [0.15, 0.2) is 0 Å². The Hall–Kier alpha value is -1.06. The first kappa shape index (κ1) is 22.9. The molecule has 0 aromatic carbocycles. The second-order valence-electron chi connectivity index (χ2n) is 7.06. The van der Waals surface area contributed by atoms with Gasteiger partial charge in [-0.2, -0.15) is 0 Å². The van der Waals surface area contributed by atoms with Crippen LogP contribution in [0.25, 0.3) is 0 Å². The molecular formula is C20H38O4. The molecule has 0 radical (unpaired) electrons. The Morgan fingerprint density at radius 1 is 0.708 bits per heavy atom. The van der Waals surface area contributed by atoms with E-state index in [9.17, 15) is 9.59 Å². The van der Waals surface area contributed by atoms with Crippen molar-refractivity contribution in [1.29, 1.82) is 0 Å². The molecule has 0 aromatic heterocycles. The monoisotopic (exact) mass is 342 g/mol. The Bertz CT molecular complexity index is 326. The van der Waals surface area contributed by atoms with Crippen molar-refractivity contribution in [2.24, 2.45) is 5.92 Å². The lowest BCUT2D eigenvalue weighted by Crippen LogP contribution is -2.21. The van der Waals surface area contributed by atoms with Gasteiger partial charge in [0.05, 0.1) is 0 Å². The maximum Gasteiger partial charge on any atom is 0.308 e. The summed E-state index contributed by atoms with van der Waals surface area (Å²) in [5, 5.41) is 0. The van der Waals surface area contributed by atoms with Gasteiger partial charge in [-0.05, 0) is 18.8 Å². The number of hydrogen-bond acceptors (Lipinski definition) is 4. The molecule has 0 aromatic rings. The molecule has 0 aliphatic carbocycles. The number of carbonyl (C=O) groups is 2. The Morgan fingerprint density at radius 3 is 1.67 bits per heavy atom. The van der Waals surface area contributed by atoms with E-state index in [-0.39, 0.29) is 11.9 Å². The lowest BCUT2D eigenvalue weighted by atomic mass is 10.0. The molecule has 4 nitrogen and oxygen atoms in total. The summed E-state index contributed by atoms with van der Waals surface area (Å²) in [5.41, 5.74) is 0. The minimum absolute atomic E-state index is 0.275. The number of esters is 2. The molecule has 1 atom stereocenters. The van der Waals surface area contributed by atoms with Crippen molar-refractivity contribution in [3.8, 4) is 0 Å². The van der Waals surface area contributed by atoms with Gasteiger partial charge in [-0.1, -0.05) is 72.1 Å². The van der Waals surface area contributed by atoms with Gasteiger partial charge < -0.3 is 9.47 Å². The zero-order valence-electron chi connectivity index (χ0n) is 16.3. The van der Waals surface area contributed by atoms with E-state index in [4.69, 9.17) is 9.47 Å². The standard InChI is InChI=1S/C20H38O4/c1-5-6-7-8-9-12-15-19(21)23-18(4)24-20(22)16-13-10-11-14-17(2)3/h17-18H,5-16H2,1-4H3.